The van der Waals surface area contributed by atoms with Gasteiger partial charge in [0.05, 0.1) is 35.1 Å². The fourth-order valence-corrected chi connectivity index (χ4v) is 6.73. The van der Waals surface area contributed by atoms with Crippen LogP contribution in [-0.4, -0.2) is 66.3 Å². The molecule has 4 heterocycles. The Morgan fingerprint density at radius 3 is 1.59 bits per heavy atom. The lowest BCUT2D eigenvalue weighted by molar-refractivity contribution is 0.0573. The summed E-state index contributed by atoms with van der Waals surface area (Å²) in [5.74, 6) is 0.923. The van der Waals surface area contributed by atoms with Crippen molar-refractivity contribution in [1.82, 2.24) is 19.6 Å². The Hall–Kier alpha value is -7.62. The van der Waals surface area contributed by atoms with Crippen LogP contribution in [0.5, 0.6) is 11.5 Å². The van der Waals surface area contributed by atoms with Gasteiger partial charge in [-0.3, -0.25) is 9.80 Å². The molecule has 15 heteroatoms. The second kappa shape index (κ2) is 19.4. The van der Waals surface area contributed by atoms with Crippen LogP contribution in [0, 0.1) is 22.7 Å². The Morgan fingerprint density at radius 1 is 0.651 bits per heavy atom. The molecule has 8 rings (SSSR count). The second-order valence-corrected chi connectivity index (χ2v) is 16.6. The molecule has 63 heavy (non-hydrogen) atoms. The first kappa shape index (κ1) is 44.9. The van der Waals surface area contributed by atoms with Crippen LogP contribution in [0.1, 0.15) is 75.4 Å². The summed E-state index contributed by atoms with van der Waals surface area (Å²) in [6.45, 7) is 12.4. The van der Waals surface area contributed by atoms with Crippen LogP contribution in [0.4, 0.5) is 21.0 Å². The molecule has 2 amide bonds. The smallest absolute Gasteiger partial charge is 0.414 e. The number of nitrogens with zero attached hydrogens (tertiary/aromatic N) is 8. The van der Waals surface area contributed by atoms with Gasteiger partial charge in [-0.1, -0.05) is 36.4 Å². The highest BCUT2D eigenvalue weighted by atomic mass is 16.6. The van der Waals surface area contributed by atoms with Crippen molar-refractivity contribution >= 4 is 23.6 Å². The lowest BCUT2D eigenvalue weighted by Gasteiger charge is -2.24. The van der Waals surface area contributed by atoms with Gasteiger partial charge in [-0.25, -0.2) is 19.0 Å². The quantitative estimate of drug-likeness (QED) is 0.163. The number of hydrogen-bond donors (Lipinski definition) is 2. The standard InChI is InChI=1S/C24H24N4O3.C13H17NO3.C11H9N3O/c1-24(2,3)31-23(29)27-12-11-17-13-21(9-10-22(17)27)30-16-18-14-20(15-25)28(26-18)19-7-5-4-6-8-19;1-13(2,3)17-12(16)14-7-6-9-8-10(15)4-5-11(9)14;12-7-11-6-9(8-15)13-14(11)10-4-2-1-3-5-10/h4-10,13-14H,11-12,16H2,1-3H3;4-5,8,15H,6-7H2,1-3H3;1-6,15H,8H2. The van der Waals surface area contributed by atoms with Gasteiger partial charge in [-0.05, 0) is 126 Å². The maximum Gasteiger partial charge on any atom is 0.414 e. The van der Waals surface area contributed by atoms with Crippen LogP contribution in [0.2, 0.25) is 0 Å². The Morgan fingerprint density at radius 2 is 1.11 bits per heavy atom. The van der Waals surface area contributed by atoms with Gasteiger partial charge in [-0.15, -0.1) is 0 Å². The minimum Gasteiger partial charge on any atom is -0.508 e. The maximum atomic E-state index is 12.4. The van der Waals surface area contributed by atoms with E-state index >= 15 is 0 Å². The van der Waals surface area contributed by atoms with Crippen LogP contribution >= 0.6 is 0 Å². The average Bonchev–Trinajstić information content (AvgIpc) is 4.07. The Labute approximate surface area is 366 Å². The SMILES string of the molecule is CC(C)(C)OC(=O)N1CCc2cc(O)ccc21.CC(C)(C)OC(=O)N1CCc2cc(OCc3cc(C#N)n(-c4ccccc4)n3)ccc21.N#Cc1cc(CO)nn1-c1ccccc1. The van der Waals surface area contributed by atoms with E-state index in [9.17, 15) is 20.0 Å². The number of fused-ring (bicyclic) bond motifs is 2. The number of carbonyl (C=O) groups is 2. The normalized spacial score (nSPS) is 12.7. The van der Waals surface area contributed by atoms with E-state index in [2.05, 4.69) is 16.3 Å². The van der Waals surface area contributed by atoms with E-state index in [1.165, 1.54) is 4.68 Å². The zero-order chi connectivity index (χ0) is 45.3. The molecule has 0 saturated heterocycles. The monoisotopic (exact) mass is 850 g/mol. The first-order chi connectivity index (χ1) is 30.0. The van der Waals surface area contributed by atoms with Gasteiger partial charge in [0, 0.05) is 25.2 Å². The number of rotatable bonds is 6. The summed E-state index contributed by atoms with van der Waals surface area (Å²) in [4.78, 5) is 27.7. The van der Waals surface area contributed by atoms with Crippen LogP contribution in [0.3, 0.4) is 0 Å². The molecule has 2 aliphatic heterocycles. The van der Waals surface area contributed by atoms with Gasteiger partial charge in [0.2, 0.25) is 0 Å². The number of carbonyl (C=O) groups excluding carboxylic acids is 2. The molecule has 0 atom stereocenters. The number of benzene rings is 4. The van der Waals surface area contributed by atoms with Gasteiger partial charge < -0.3 is 24.4 Å². The molecule has 6 aromatic rings. The van der Waals surface area contributed by atoms with Gasteiger partial charge >= 0.3 is 12.2 Å². The molecular formula is C48H50N8O7. The molecule has 0 radical (unpaired) electrons. The van der Waals surface area contributed by atoms with Crippen LogP contribution in [0.15, 0.2) is 109 Å². The Kier molecular flexibility index (Phi) is 13.8. The van der Waals surface area contributed by atoms with Gasteiger partial charge in [-0.2, -0.15) is 20.7 Å². The number of phenols is 1. The third kappa shape index (κ3) is 11.6. The topological polar surface area (TPSA) is 192 Å². The number of para-hydroxylation sites is 2. The number of aliphatic hydroxyl groups excluding tert-OH is 1. The minimum atomic E-state index is -0.533. The van der Waals surface area contributed by atoms with Crippen molar-refractivity contribution < 1.29 is 34.0 Å². The van der Waals surface area contributed by atoms with Crippen molar-refractivity contribution in [3.8, 4) is 35.0 Å². The van der Waals surface area contributed by atoms with E-state index in [-0.39, 0.29) is 31.1 Å². The van der Waals surface area contributed by atoms with Crippen molar-refractivity contribution in [2.45, 2.75) is 78.8 Å². The number of anilines is 2. The maximum absolute atomic E-state index is 12.4. The summed E-state index contributed by atoms with van der Waals surface area (Å²) in [6.07, 6.45) is 0.827. The van der Waals surface area contributed by atoms with Crippen LogP contribution in [0.25, 0.3) is 11.4 Å². The number of aliphatic hydroxyl groups is 1. The highest BCUT2D eigenvalue weighted by molar-refractivity contribution is 5.91. The molecule has 0 spiro atoms. The molecule has 0 unspecified atom stereocenters. The largest absolute Gasteiger partial charge is 0.508 e. The number of aromatic hydroxyl groups is 1. The zero-order valence-electron chi connectivity index (χ0n) is 36.1. The van der Waals surface area contributed by atoms with E-state index in [0.29, 0.717) is 41.6 Å². The molecule has 0 fully saturated rings. The van der Waals surface area contributed by atoms with Gasteiger partial charge in [0.1, 0.15) is 58.5 Å². The van der Waals surface area contributed by atoms with E-state index in [1.54, 1.807) is 44.8 Å². The van der Waals surface area contributed by atoms with Crippen molar-refractivity contribution in [3.05, 3.63) is 143 Å². The number of phenolic OH excluding ortho intramolecular Hbond substituents is 1. The van der Waals surface area contributed by atoms with E-state index in [1.807, 2.05) is 126 Å². The molecule has 0 saturated carbocycles. The zero-order valence-corrected chi connectivity index (χ0v) is 36.1. The minimum absolute atomic E-state index is 0.158. The molecule has 0 aliphatic carbocycles. The number of aromatic nitrogens is 4. The van der Waals surface area contributed by atoms with Crippen LogP contribution in [-0.2, 0) is 35.5 Å². The predicted molar refractivity (Wildman–Crippen MR) is 236 cm³/mol. The van der Waals surface area contributed by atoms with E-state index in [4.69, 9.17) is 24.6 Å². The fraction of sp³-hybridized carbons (Fsp3) is 0.292. The van der Waals surface area contributed by atoms with Crippen molar-refractivity contribution in [3.63, 3.8) is 0 Å². The third-order valence-corrected chi connectivity index (χ3v) is 9.43. The predicted octanol–water partition coefficient (Wildman–Crippen LogP) is 8.55. The number of hydrogen-bond acceptors (Lipinski definition) is 11. The summed E-state index contributed by atoms with van der Waals surface area (Å²) in [6, 6.07) is 37.1. The summed E-state index contributed by atoms with van der Waals surface area (Å²) >= 11 is 0. The number of nitriles is 2. The molecule has 4 aromatic carbocycles. The van der Waals surface area contributed by atoms with Crippen LogP contribution < -0.4 is 14.5 Å². The Balaban J connectivity index is 0.000000174. The lowest BCUT2D eigenvalue weighted by atomic mass is 10.1. The molecule has 15 nitrogen and oxygen atoms in total. The summed E-state index contributed by atoms with van der Waals surface area (Å²) < 4.78 is 19.9. The number of amides is 2. The fourth-order valence-electron chi connectivity index (χ4n) is 6.73. The summed E-state index contributed by atoms with van der Waals surface area (Å²) in [5.41, 5.74) is 6.35. The van der Waals surface area contributed by atoms with E-state index < -0.39 is 11.2 Å². The summed E-state index contributed by atoms with van der Waals surface area (Å²) in [7, 11) is 0. The van der Waals surface area contributed by atoms with Crippen molar-refractivity contribution in [1.29, 1.82) is 10.5 Å². The van der Waals surface area contributed by atoms with Gasteiger partial charge in [0.25, 0.3) is 0 Å². The molecular weight excluding hydrogens is 801 g/mol. The highest BCUT2D eigenvalue weighted by Gasteiger charge is 2.30. The molecule has 2 aliphatic rings. The van der Waals surface area contributed by atoms with Crippen molar-refractivity contribution in [2.75, 3.05) is 22.9 Å². The highest BCUT2D eigenvalue weighted by Crippen LogP contribution is 2.34. The Bertz CT molecular complexity index is 2630. The molecule has 0 bridgehead atoms. The van der Waals surface area contributed by atoms with Crippen molar-refractivity contribution in [2.24, 2.45) is 0 Å². The summed E-state index contributed by atoms with van der Waals surface area (Å²) in [5, 5.41) is 45.3. The molecule has 2 N–H and O–H groups in total. The first-order valence-electron chi connectivity index (χ1n) is 20.3. The first-order valence-corrected chi connectivity index (χ1v) is 20.3. The molecule has 324 valence electrons. The number of ether oxygens (including phenoxy) is 3. The second-order valence-electron chi connectivity index (χ2n) is 16.6. The molecule has 2 aromatic heterocycles. The van der Waals surface area contributed by atoms with E-state index in [0.717, 1.165) is 46.7 Å². The third-order valence-electron chi connectivity index (χ3n) is 9.43. The lowest BCUT2D eigenvalue weighted by Crippen LogP contribution is -2.35. The van der Waals surface area contributed by atoms with Gasteiger partial charge in [0.15, 0.2) is 0 Å². The average molecular weight is 851 g/mol.